The van der Waals surface area contributed by atoms with Crippen LogP contribution < -0.4 is 4.90 Å². The standard InChI is InChI=1S/C16H14ClF2N5O/c17-16-21-14(23-5-4-11(25)8-23)12-7-20-24(15(12)22-16)10-3-1-2-9(6-10)13(18)19/h1-3,6-7,11,13,25H,4-5,8H2/t11-/m1/s1. The quantitative estimate of drug-likeness (QED) is 0.723. The van der Waals surface area contributed by atoms with Crippen LogP contribution in [0.2, 0.25) is 5.28 Å². The summed E-state index contributed by atoms with van der Waals surface area (Å²) in [5, 5.41) is 14.7. The van der Waals surface area contributed by atoms with E-state index in [4.69, 9.17) is 11.6 Å². The van der Waals surface area contributed by atoms with Crippen molar-refractivity contribution in [3.63, 3.8) is 0 Å². The summed E-state index contributed by atoms with van der Waals surface area (Å²) in [5.74, 6) is 0.586. The predicted octanol–water partition coefficient (Wildman–Crippen LogP) is 2.98. The van der Waals surface area contributed by atoms with Gasteiger partial charge in [0.25, 0.3) is 6.43 Å². The largest absolute Gasteiger partial charge is 0.391 e. The minimum Gasteiger partial charge on any atom is -0.391 e. The highest BCUT2D eigenvalue weighted by molar-refractivity contribution is 6.28. The van der Waals surface area contributed by atoms with Crippen LogP contribution in [0.4, 0.5) is 14.6 Å². The Balaban J connectivity index is 1.84. The molecule has 1 aliphatic heterocycles. The SMILES string of the molecule is O[C@@H]1CCN(c2nc(Cl)nc3c2cnn3-c2cccc(C(F)F)c2)C1. The van der Waals surface area contributed by atoms with Gasteiger partial charge in [-0.3, -0.25) is 0 Å². The van der Waals surface area contributed by atoms with E-state index in [1.54, 1.807) is 18.3 Å². The molecule has 2 aromatic heterocycles. The van der Waals surface area contributed by atoms with Crippen LogP contribution in [0.1, 0.15) is 18.4 Å². The topological polar surface area (TPSA) is 67.1 Å². The Morgan fingerprint density at radius 2 is 2.12 bits per heavy atom. The summed E-state index contributed by atoms with van der Waals surface area (Å²) in [6.07, 6.45) is -0.753. The Morgan fingerprint density at radius 3 is 2.84 bits per heavy atom. The molecule has 0 spiro atoms. The highest BCUT2D eigenvalue weighted by Gasteiger charge is 2.25. The van der Waals surface area contributed by atoms with Gasteiger partial charge in [0.2, 0.25) is 5.28 Å². The van der Waals surface area contributed by atoms with Gasteiger partial charge in [-0.05, 0) is 30.2 Å². The Kier molecular flexibility index (Phi) is 4.01. The zero-order valence-corrected chi connectivity index (χ0v) is 13.7. The number of hydrogen-bond donors (Lipinski definition) is 1. The highest BCUT2D eigenvalue weighted by Crippen LogP contribution is 2.30. The van der Waals surface area contributed by atoms with E-state index >= 15 is 0 Å². The lowest BCUT2D eigenvalue weighted by Crippen LogP contribution is -2.22. The van der Waals surface area contributed by atoms with Gasteiger partial charge >= 0.3 is 0 Å². The van der Waals surface area contributed by atoms with Crippen LogP contribution in [-0.4, -0.2) is 44.0 Å². The first-order chi connectivity index (χ1) is 12.0. The molecule has 3 heterocycles. The van der Waals surface area contributed by atoms with Crippen LogP contribution in [0.15, 0.2) is 30.5 Å². The molecular weight excluding hydrogens is 352 g/mol. The number of benzene rings is 1. The average molecular weight is 366 g/mol. The van der Waals surface area contributed by atoms with Crippen LogP contribution in [0.25, 0.3) is 16.7 Å². The van der Waals surface area contributed by atoms with Crippen molar-refractivity contribution in [3.05, 3.63) is 41.3 Å². The van der Waals surface area contributed by atoms with Gasteiger partial charge < -0.3 is 10.0 Å². The van der Waals surface area contributed by atoms with Gasteiger partial charge in [0.1, 0.15) is 5.82 Å². The molecule has 4 rings (SSSR count). The van der Waals surface area contributed by atoms with Gasteiger partial charge in [-0.1, -0.05) is 12.1 Å². The van der Waals surface area contributed by atoms with Crippen LogP contribution in [0.5, 0.6) is 0 Å². The van der Waals surface area contributed by atoms with Gasteiger partial charge in [0, 0.05) is 18.7 Å². The van der Waals surface area contributed by atoms with Crippen molar-refractivity contribution in [3.8, 4) is 5.69 Å². The second-order valence-electron chi connectivity index (χ2n) is 5.89. The smallest absolute Gasteiger partial charge is 0.263 e. The van der Waals surface area contributed by atoms with E-state index in [1.807, 2.05) is 4.90 Å². The Labute approximate surface area is 146 Å². The molecule has 9 heteroatoms. The number of nitrogens with zero attached hydrogens (tertiary/aromatic N) is 5. The van der Waals surface area contributed by atoms with Gasteiger partial charge in [0.05, 0.1) is 23.4 Å². The van der Waals surface area contributed by atoms with E-state index < -0.39 is 12.5 Å². The van der Waals surface area contributed by atoms with Gasteiger partial charge in [-0.15, -0.1) is 0 Å². The molecule has 1 fully saturated rings. The minimum absolute atomic E-state index is 0.0376. The summed E-state index contributed by atoms with van der Waals surface area (Å²) < 4.78 is 27.4. The first-order valence-electron chi connectivity index (χ1n) is 7.75. The van der Waals surface area contributed by atoms with E-state index in [9.17, 15) is 13.9 Å². The van der Waals surface area contributed by atoms with Gasteiger partial charge in [-0.2, -0.15) is 15.1 Å². The molecule has 6 nitrogen and oxygen atoms in total. The summed E-state index contributed by atoms with van der Waals surface area (Å²) in [5.41, 5.74) is 0.807. The van der Waals surface area contributed by atoms with E-state index in [-0.39, 0.29) is 10.8 Å². The number of aromatic nitrogens is 4. The van der Waals surface area contributed by atoms with Crippen LogP contribution in [0, 0.1) is 0 Å². The molecule has 1 aromatic carbocycles. The third-order valence-corrected chi connectivity index (χ3v) is 4.38. The molecule has 0 amide bonds. The predicted molar refractivity (Wildman–Crippen MR) is 89.5 cm³/mol. The number of rotatable bonds is 3. The first kappa shape index (κ1) is 16.2. The third-order valence-electron chi connectivity index (χ3n) is 4.21. The maximum Gasteiger partial charge on any atom is 0.263 e. The average Bonchev–Trinajstić information content (AvgIpc) is 3.20. The lowest BCUT2D eigenvalue weighted by molar-refractivity contribution is 0.151. The first-order valence-corrected chi connectivity index (χ1v) is 8.13. The molecule has 130 valence electrons. The summed E-state index contributed by atoms with van der Waals surface area (Å²) in [7, 11) is 0. The number of β-amino-alcohol motifs (C(OH)–C–C–N with tert-alkyl or cyclic N) is 1. The molecule has 25 heavy (non-hydrogen) atoms. The van der Waals surface area contributed by atoms with Crippen molar-refractivity contribution < 1.29 is 13.9 Å². The van der Waals surface area contributed by atoms with Crippen molar-refractivity contribution in [2.45, 2.75) is 19.0 Å². The zero-order valence-electron chi connectivity index (χ0n) is 13.0. The Morgan fingerprint density at radius 1 is 1.28 bits per heavy atom. The fourth-order valence-electron chi connectivity index (χ4n) is 3.02. The Hall–Kier alpha value is -2.32. The van der Waals surface area contributed by atoms with E-state index in [2.05, 4.69) is 15.1 Å². The lowest BCUT2D eigenvalue weighted by atomic mass is 10.2. The van der Waals surface area contributed by atoms with Crippen molar-refractivity contribution in [2.24, 2.45) is 0 Å². The summed E-state index contributed by atoms with van der Waals surface area (Å²) >= 11 is 6.06. The second kappa shape index (κ2) is 6.20. The maximum atomic E-state index is 13.0. The number of halogens is 3. The monoisotopic (exact) mass is 365 g/mol. The maximum absolute atomic E-state index is 13.0. The van der Waals surface area contributed by atoms with E-state index in [0.29, 0.717) is 42.0 Å². The Bertz CT molecular complexity index is 932. The van der Waals surface area contributed by atoms with Crippen molar-refractivity contribution in [2.75, 3.05) is 18.0 Å². The zero-order chi connectivity index (χ0) is 17.6. The van der Waals surface area contributed by atoms with Crippen molar-refractivity contribution in [1.82, 2.24) is 19.7 Å². The molecular formula is C16H14ClF2N5O. The van der Waals surface area contributed by atoms with Crippen LogP contribution >= 0.6 is 11.6 Å². The minimum atomic E-state index is -2.57. The second-order valence-corrected chi connectivity index (χ2v) is 6.23. The molecule has 0 saturated carbocycles. The van der Waals surface area contributed by atoms with Gasteiger partial charge in [-0.25, -0.2) is 13.5 Å². The number of alkyl halides is 2. The summed E-state index contributed by atoms with van der Waals surface area (Å²) in [6.45, 7) is 1.10. The molecule has 3 aromatic rings. The number of hydrogen-bond acceptors (Lipinski definition) is 5. The fraction of sp³-hybridized carbons (Fsp3) is 0.312. The highest BCUT2D eigenvalue weighted by atomic mass is 35.5. The molecule has 0 unspecified atom stereocenters. The van der Waals surface area contributed by atoms with Crippen molar-refractivity contribution >= 4 is 28.5 Å². The molecule has 1 atom stereocenters. The fourth-order valence-corrected chi connectivity index (χ4v) is 3.18. The summed E-state index contributed by atoms with van der Waals surface area (Å²) in [6, 6.07) is 5.95. The number of anilines is 1. The third kappa shape index (κ3) is 2.91. The normalized spacial score (nSPS) is 17.8. The van der Waals surface area contributed by atoms with Gasteiger partial charge in [0.15, 0.2) is 5.65 Å². The number of aliphatic hydroxyl groups is 1. The number of aliphatic hydroxyl groups excluding tert-OH is 1. The summed E-state index contributed by atoms with van der Waals surface area (Å²) in [4.78, 5) is 10.4. The molecule has 1 aliphatic rings. The molecule has 1 N–H and O–H groups in total. The van der Waals surface area contributed by atoms with Crippen molar-refractivity contribution in [1.29, 1.82) is 0 Å². The molecule has 0 bridgehead atoms. The van der Waals surface area contributed by atoms with E-state index in [0.717, 1.165) is 0 Å². The van der Waals surface area contributed by atoms with E-state index in [1.165, 1.54) is 16.8 Å². The number of fused-ring (bicyclic) bond motifs is 1. The molecule has 0 aliphatic carbocycles. The van der Waals surface area contributed by atoms with Crippen LogP contribution in [-0.2, 0) is 0 Å². The van der Waals surface area contributed by atoms with Crippen LogP contribution in [0.3, 0.4) is 0 Å². The lowest BCUT2D eigenvalue weighted by Gasteiger charge is -2.17. The molecule has 1 saturated heterocycles. The molecule has 0 radical (unpaired) electrons.